The van der Waals surface area contributed by atoms with E-state index in [9.17, 15) is 0 Å². The van der Waals surface area contributed by atoms with Crippen molar-refractivity contribution in [3.05, 3.63) is 0 Å². The molecule has 0 radical (unpaired) electrons. The minimum absolute atomic E-state index is 0.575. The molecule has 0 bridgehead atoms. The maximum atomic E-state index is 4.31. The Kier molecular flexibility index (Phi) is 5.08. The number of guanidine groups is 1. The quantitative estimate of drug-likeness (QED) is 0.602. The van der Waals surface area contributed by atoms with Crippen molar-refractivity contribution in [1.82, 2.24) is 15.5 Å². The van der Waals surface area contributed by atoms with Gasteiger partial charge in [0, 0.05) is 31.7 Å². The molecule has 0 amide bonds. The molecule has 0 spiro atoms. The topological polar surface area (TPSA) is 39.7 Å². The van der Waals surface area contributed by atoms with Gasteiger partial charge in [0.15, 0.2) is 5.96 Å². The Hall–Kier alpha value is -0.770. The Morgan fingerprint density at radius 1 is 1.37 bits per heavy atom. The SMILES string of the molecule is CN=C(NCC(C)N1CCCCC1C)NC1CC1C. The first-order valence-corrected chi connectivity index (χ1v) is 7.84. The van der Waals surface area contributed by atoms with Crippen molar-refractivity contribution >= 4 is 5.96 Å². The van der Waals surface area contributed by atoms with Crippen molar-refractivity contribution in [3.8, 4) is 0 Å². The minimum atomic E-state index is 0.575. The van der Waals surface area contributed by atoms with Crippen molar-refractivity contribution in [2.75, 3.05) is 20.1 Å². The van der Waals surface area contributed by atoms with Crippen LogP contribution in [0.5, 0.6) is 0 Å². The van der Waals surface area contributed by atoms with Gasteiger partial charge in [-0.2, -0.15) is 0 Å². The van der Waals surface area contributed by atoms with Crippen molar-refractivity contribution in [2.24, 2.45) is 10.9 Å². The summed E-state index contributed by atoms with van der Waals surface area (Å²) < 4.78 is 0. The fraction of sp³-hybridized carbons (Fsp3) is 0.933. The number of aliphatic imine (C=N–C) groups is 1. The summed E-state index contributed by atoms with van der Waals surface area (Å²) in [7, 11) is 1.86. The van der Waals surface area contributed by atoms with Gasteiger partial charge in [0.2, 0.25) is 0 Å². The van der Waals surface area contributed by atoms with Gasteiger partial charge in [-0.25, -0.2) is 0 Å². The highest BCUT2D eigenvalue weighted by Crippen LogP contribution is 2.28. The van der Waals surface area contributed by atoms with Gasteiger partial charge in [-0.05, 0) is 45.6 Å². The third kappa shape index (κ3) is 4.10. The molecule has 4 heteroatoms. The molecule has 2 fully saturated rings. The fourth-order valence-corrected chi connectivity index (χ4v) is 3.03. The number of rotatable bonds is 4. The van der Waals surface area contributed by atoms with Gasteiger partial charge < -0.3 is 10.6 Å². The number of piperidine rings is 1. The molecule has 2 rings (SSSR count). The van der Waals surface area contributed by atoms with Gasteiger partial charge in [0.1, 0.15) is 0 Å². The average Bonchev–Trinajstić information content (AvgIpc) is 3.10. The Balaban J connectivity index is 1.73. The maximum absolute atomic E-state index is 4.31. The van der Waals surface area contributed by atoms with Gasteiger partial charge >= 0.3 is 0 Å². The first-order chi connectivity index (χ1) is 9.11. The van der Waals surface area contributed by atoms with Gasteiger partial charge in [0.25, 0.3) is 0 Å². The molecular formula is C15H30N4. The van der Waals surface area contributed by atoms with Crippen LogP contribution in [0.3, 0.4) is 0 Å². The van der Waals surface area contributed by atoms with Gasteiger partial charge in [-0.3, -0.25) is 9.89 Å². The van der Waals surface area contributed by atoms with Crippen LogP contribution in [0.25, 0.3) is 0 Å². The lowest BCUT2D eigenvalue weighted by atomic mass is 10.0. The van der Waals surface area contributed by atoms with E-state index in [1.165, 1.54) is 32.2 Å². The van der Waals surface area contributed by atoms with E-state index in [-0.39, 0.29) is 0 Å². The molecule has 1 saturated heterocycles. The van der Waals surface area contributed by atoms with Crippen LogP contribution >= 0.6 is 0 Å². The first-order valence-electron chi connectivity index (χ1n) is 7.84. The smallest absolute Gasteiger partial charge is 0.191 e. The van der Waals surface area contributed by atoms with Crippen LogP contribution in [0.4, 0.5) is 0 Å². The van der Waals surface area contributed by atoms with Crippen LogP contribution in [-0.4, -0.2) is 49.1 Å². The molecule has 1 saturated carbocycles. The van der Waals surface area contributed by atoms with Gasteiger partial charge in [-0.1, -0.05) is 13.3 Å². The van der Waals surface area contributed by atoms with Crippen LogP contribution in [0, 0.1) is 5.92 Å². The molecule has 1 aliphatic carbocycles. The second-order valence-electron chi connectivity index (χ2n) is 6.35. The average molecular weight is 266 g/mol. The van der Waals surface area contributed by atoms with E-state index in [1.807, 2.05) is 7.05 Å². The number of nitrogens with one attached hydrogen (secondary N) is 2. The van der Waals surface area contributed by atoms with Crippen molar-refractivity contribution in [1.29, 1.82) is 0 Å². The molecule has 4 unspecified atom stereocenters. The zero-order chi connectivity index (χ0) is 13.8. The predicted molar refractivity (Wildman–Crippen MR) is 81.5 cm³/mol. The molecule has 1 heterocycles. The summed E-state index contributed by atoms with van der Waals surface area (Å²) >= 11 is 0. The van der Waals surface area contributed by atoms with Crippen molar-refractivity contribution < 1.29 is 0 Å². The van der Waals surface area contributed by atoms with Crippen LogP contribution in [0.1, 0.15) is 46.5 Å². The second-order valence-corrected chi connectivity index (χ2v) is 6.35. The molecule has 2 N–H and O–H groups in total. The van der Waals surface area contributed by atoms with Crippen LogP contribution < -0.4 is 10.6 Å². The van der Waals surface area contributed by atoms with Gasteiger partial charge in [-0.15, -0.1) is 0 Å². The summed E-state index contributed by atoms with van der Waals surface area (Å²) in [6.07, 6.45) is 5.36. The molecule has 0 aromatic carbocycles. The number of hydrogen-bond donors (Lipinski definition) is 2. The summed E-state index contributed by atoms with van der Waals surface area (Å²) in [4.78, 5) is 6.94. The highest BCUT2D eigenvalue weighted by molar-refractivity contribution is 5.80. The predicted octanol–water partition coefficient (Wildman–Crippen LogP) is 1.82. The molecule has 0 aromatic rings. The summed E-state index contributed by atoms with van der Waals surface area (Å²) in [6, 6.07) is 1.94. The normalized spacial score (nSPS) is 33.9. The van der Waals surface area contributed by atoms with E-state index in [4.69, 9.17) is 0 Å². The number of nitrogens with zero attached hydrogens (tertiary/aromatic N) is 2. The standard InChI is InChI=1S/C15H30N4/c1-11-9-14(11)18-15(16-4)17-10-13(3)19-8-6-5-7-12(19)2/h11-14H,5-10H2,1-4H3,(H2,16,17,18). The second kappa shape index (κ2) is 6.60. The Morgan fingerprint density at radius 2 is 2.11 bits per heavy atom. The highest BCUT2D eigenvalue weighted by atomic mass is 15.2. The number of likely N-dealkylation sites (tertiary alicyclic amines) is 1. The maximum Gasteiger partial charge on any atom is 0.191 e. The van der Waals surface area contributed by atoms with Crippen LogP contribution in [-0.2, 0) is 0 Å². The zero-order valence-corrected chi connectivity index (χ0v) is 12.9. The zero-order valence-electron chi connectivity index (χ0n) is 12.9. The summed E-state index contributed by atoms with van der Waals surface area (Å²) in [5.41, 5.74) is 0. The van der Waals surface area contributed by atoms with E-state index in [1.54, 1.807) is 0 Å². The third-order valence-electron chi connectivity index (χ3n) is 4.64. The van der Waals surface area contributed by atoms with Crippen molar-refractivity contribution in [2.45, 2.75) is 64.6 Å². The molecule has 1 aliphatic heterocycles. The monoisotopic (exact) mass is 266 g/mol. The lowest BCUT2D eigenvalue weighted by molar-refractivity contribution is 0.115. The van der Waals surface area contributed by atoms with Crippen molar-refractivity contribution in [3.63, 3.8) is 0 Å². The molecule has 110 valence electrons. The Morgan fingerprint density at radius 3 is 2.68 bits per heavy atom. The number of hydrogen-bond acceptors (Lipinski definition) is 2. The summed E-state index contributed by atoms with van der Waals surface area (Å²) in [6.45, 7) is 9.18. The molecule has 4 atom stereocenters. The molecule has 0 aromatic heterocycles. The Labute approximate surface area is 118 Å². The summed E-state index contributed by atoms with van der Waals surface area (Å²) in [5, 5.41) is 6.96. The molecule has 2 aliphatic rings. The van der Waals surface area contributed by atoms with E-state index < -0.39 is 0 Å². The molecular weight excluding hydrogens is 236 g/mol. The summed E-state index contributed by atoms with van der Waals surface area (Å²) in [5.74, 6) is 1.77. The highest BCUT2D eigenvalue weighted by Gasteiger charge is 2.33. The molecule has 4 nitrogen and oxygen atoms in total. The molecule has 19 heavy (non-hydrogen) atoms. The fourth-order valence-electron chi connectivity index (χ4n) is 3.03. The van der Waals surface area contributed by atoms with E-state index in [2.05, 4.69) is 41.3 Å². The van der Waals surface area contributed by atoms with E-state index >= 15 is 0 Å². The van der Waals surface area contributed by atoms with Gasteiger partial charge in [0.05, 0.1) is 0 Å². The largest absolute Gasteiger partial charge is 0.355 e. The minimum Gasteiger partial charge on any atom is -0.355 e. The van der Waals surface area contributed by atoms with Crippen LogP contribution in [0.15, 0.2) is 4.99 Å². The Bertz CT molecular complexity index is 315. The first kappa shape index (κ1) is 14.6. The lowest BCUT2D eigenvalue weighted by Gasteiger charge is -2.38. The lowest BCUT2D eigenvalue weighted by Crippen LogP contribution is -2.50. The van der Waals surface area contributed by atoms with E-state index in [0.717, 1.165) is 24.5 Å². The van der Waals surface area contributed by atoms with Crippen LogP contribution in [0.2, 0.25) is 0 Å². The third-order valence-corrected chi connectivity index (χ3v) is 4.64. The van der Waals surface area contributed by atoms with E-state index in [0.29, 0.717) is 12.1 Å².